The molecule has 0 radical (unpaired) electrons. The fraction of sp³-hybridized carbons (Fsp3) is 0.147. The molecule has 0 atom stereocenters. The van der Waals surface area contributed by atoms with E-state index in [-0.39, 0.29) is 17.7 Å². The molecule has 0 amide bonds. The van der Waals surface area contributed by atoms with Crippen LogP contribution in [0, 0.1) is 13.8 Å². The molecule has 3 aromatic carbocycles. The number of hydrogen-bond acceptors (Lipinski definition) is 6. The Labute approximate surface area is 237 Å². The second kappa shape index (κ2) is 10.5. The van der Waals surface area contributed by atoms with Gasteiger partial charge < -0.3 is 18.9 Å². The number of aromatic nitrogens is 3. The van der Waals surface area contributed by atoms with Crippen LogP contribution < -0.4 is 10.3 Å². The molecule has 3 aromatic heterocycles. The minimum atomic E-state index is -1.72. The smallest absolute Gasteiger partial charge is 0.258 e. The lowest BCUT2D eigenvalue weighted by Gasteiger charge is -2.30. The van der Waals surface area contributed by atoms with Gasteiger partial charge in [-0.05, 0) is 54.6 Å². The second-order valence-electron chi connectivity index (χ2n) is 10.0. The molecule has 0 fully saturated rings. The Morgan fingerprint density at radius 3 is 2.12 bits per heavy atom. The van der Waals surface area contributed by atoms with E-state index >= 15 is 0 Å². The van der Waals surface area contributed by atoms with Crippen molar-refractivity contribution in [2.75, 3.05) is 7.11 Å². The van der Waals surface area contributed by atoms with Crippen molar-refractivity contribution in [3.63, 3.8) is 0 Å². The molecule has 0 aliphatic heterocycles. The maximum atomic E-state index is 14.5. The number of pyridine rings is 2. The molecule has 1 N–H and O–H groups in total. The summed E-state index contributed by atoms with van der Waals surface area (Å²) in [5.41, 5.74) is 3.07. The van der Waals surface area contributed by atoms with E-state index < -0.39 is 5.60 Å². The van der Waals surface area contributed by atoms with Crippen LogP contribution in [0.15, 0.2) is 113 Å². The van der Waals surface area contributed by atoms with Crippen molar-refractivity contribution >= 4 is 10.9 Å². The SMILES string of the molecule is COc1cc2c(cc1-c1c(C)noc1C)cc(C(O)(c1ccccc1)c1ccccc1)c(=O)n2Cc1ccccn1. The number of rotatable bonds is 7. The average Bonchev–Trinajstić information content (AvgIpc) is 3.35. The van der Waals surface area contributed by atoms with E-state index in [1.54, 1.807) is 23.9 Å². The first kappa shape index (κ1) is 26.2. The molecular formula is C34H29N3O4. The number of fused-ring (bicyclic) bond motifs is 1. The molecular weight excluding hydrogens is 514 g/mol. The Morgan fingerprint density at radius 2 is 1.56 bits per heavy atom. The molecule has 0 saturated carbocycles. The summed E-state index contributed by atoms with van der Waals surface area (Å²) in [6, 6.07) is 29.8. The van der Waals surface area contributed by atoms with Crippen LogP contribution in [0.4, 0.5) is 0 Å². The van der Waals surface area contributed by atoms with Crippen LogP contribution in [0.1, 0.15) is 33.8 Å². The predicted octanol–water partition coefficient (Wildman–Crippen LogP) is 6.01. The zero-order valence-electron chi connectivity index (χ0n) is 23.0. The van der Waals surface area contributed by atoms with Crippen molar-refractivity contribution in [1.82, 2.24) is 14.7 Å². The van der Waals surface area contributed by atoms with Gasteiger partial charge in [-0.3, -0.25) is 9.78 Å². The fourth-order valence-corrected chi connectivity index (χ4v) is 5.55. The molecule has 6 aromatic rings. The lowest BCUT2D eigenvalue weighted by atomic mass is 9.80. The minimum absolute atomic E-state index is 0.206. The van der Waals surface area contributed by atoms with Crippen LogP contribution in [0.3, 0.4) is 0 Å². The highest BCUT2D eigenvalue weighted by Gasteiger charge is 2.37. The maximum absolute atomic E-state index is 14.5. The Balaban J connectivity index is 1.72. The Bertz CT molecular complexity index is 1840. The normalized spacial score (nSPS) is 11.6. The van der Waals surface area contributed by atoms with Gasteiger partial charge in [0.2, 0.25) is 0 Å². The minimum Gasteiger partial charge on any atom is -0.496 e. The molecule has 0 bridgehead atoms. The first-order valence-electron chi connectivity index (χ1n) is 13.3. The van der Waals surface area contributed by atoms with Crippen LogP contribution in [0.2, 0.25) is 0 Å². The van der Waals surface area contributed by atoms with Crippen LogP contribution in [0.25, 0.3) is 22.0 Å². The van der Waals surface area contributed by atoms with E-state index in [1.807, 2.05) is 105 Å². The molecule has 0 spiro atoms. The zero-order chi connectivity index (χ0) is 28.6. The van der Waals surface area contributed by atoms with Gasteiger partial charge in [-0.2, -0.15) is 0 Å². The van der Waals surface area contributed by atoms with Crippen molar-refractivity contribution in [2.24, 2.45) is 0 Å². The van der Waals surface area contributed by atoms with Gasteiger partial charge in [-0.15, -0.1) is 0 Å². The van der Waals surface area contributed by atoms with Crippen LogP contribution in [-0.2, 0) is 12.1 Å². The third-order valence-electron chi connectivity index (χ3n) is 7.54. The first-order valence-corrected chi connectivity index (χ1v) is 13.3. The topological polar surface area (TPSA) is 90.4 Å². The summed E-state index contributed by atoms with van der Waals surface area (Å²) in [6.07, 6.45) is 1.70. The van der Waals surface area contributed by atoms with Crippen molar-refractivity contribution in [2.45, 2.75) is 26.0 Å². The summed E-state index contributed by atoms with van der Waals surface area (Å²) in [5.74, 6) is 1.24. The molecule has 6 rings (SSSR count). The standard InChI is InChI=1S/C34H29N3O4/c1-22-32(23(2)41-36-22)28-18-24-19-29(34(39,25-12-6-4-7-13-25)26-14-8-5-9-15-26)33(38)37(30(24)20-31(28)40-3)21-27-16-10-11-17-35-27/h4-20,39H,21H2,1-3H3. The molecule has 7 heteroatoms. The Hall–Kier alpha value is -5.01. The molecule has 0 aliphatic carbocycles. The number of ether oxygens (including phenoxy) is 1. The molecule has 0 unspecified atom stereocenters. The van der Waals surface area contributed by atoms with Gasteiger partial charge in [-0.25, -0.2) is 0 Å². The molecule has 0 aliphatic rings. The van der Waals surface area contributed by atoms with Gasteiger partial charge >= 0.3 is 0 Å². The Morgan fingerprint density at radius 1 is 0.902 bits per heavy atom. The Kier molecular flexibility index (Phi) is 6.73. The summed E-state index contributed by atoms with van der Waals surface area (Å²) in [6.45, 7) is 3.94. The quantitative estimate of drug-likeness (QED) is 0.265. The molecule has 41 heavy (non-hydrogen) atoms. The summed E-state index contributed by atoms with van der Waals surface area (Å²) in [7, 11) is 1.60. The van der Waals surface area contributed by atoms with Crippen molar-refractivity contribution < 1.29 is 14.4 Å². The average molecular weight is 544 g/mol. The van der Waals surface area contributed by atoms with Crippen LogP contribution in [-0.4, -0.2) is 26.9 Å². The van der Waals surface area contributed by atoms with Crippen LogP contribution in [0.5, 0.6) is 5.75 Å². The van der Waals surface area contributed by atoms with E-state index in [1.165, 1.54) is 0 Å². The number of hydrogen-bond donors (Lipinski definition) is 1. The molecule has 7 nitrogen and oxygen atoms in total. The van der Waals surface area contributed by atoms with Crippen molar-refractivity contribution in [3.05, 3.63) is 147 Å². The van der Waals surface area contributed by atoms with Gasteiger partial charge in [0.1, 0.15) is 17.1 Å². The van der Waals surface area contributed by atoms with Gasteiger partial charge in [0.15, 0.2) is 0 Å². The van der Waals surface area contributed by atoms with E-state index in [4.69, 9.17) is 9.26 Å². The summed E-state index contributed by atoms with van der Waals surface area (Å²) >= 11 is 0. The van der Waals surface area contributed by atoms with E-state index in [2.05, 4.69) is 10.1 Å². The monoisotopic (exact) mass is 543 g/mol. The van der Waals surface area contributed by atoms with Crippen molar-refractivity contribution in [1.29, 1.82) is 0 Å². The van der Waals surface area contributed by atoms with Gasteiger partial charge in [-0.1, -0.05) is 71.9 Å². The summed E-state index contributed by atoms with van der Waals surface area (Å²) in [4.78, 5) is 19.0. The number of aliphatic hydroxyl groups is 1. The largest absolute Gasteiger partial charge is 0.496 e. The lowest BCUT2D eigenvalue weighted by Crippen LogP contribution is -2.38. The first-order chi connectivity index (χ1) is 19.9. The maximum Gasteiger partial charge on any atom is 0.258 e. The highest BCUT2D eigenvalue weighted by atomic mass is 16.5. The number of nitrogens with zero attached hydrogens (tertiary/aromatic N) is 3. The predicted molar refractivity (Wildman–Crippen MR) is 158 cm³/mol. The second-order valence-corrected chi connectivity index (χ2v) is 10.0. The highest BCUT2D eigenvalue weighted by Crippen LogP contribution is 2.40. The van der Waals surface area contributed by atoms with Gasteiger partial charge in [0.25, 0.3) is 5.56 Å². The summed E-state index contributed by atoms with van der Waals surface area (Å²) in [5, 5.41) is 17.5. The van der Waals surface area contributed by atoms with E-state index in [9.17, 15) is 9.90 Å². The van der Waals surface area contributed by atoms with Gasteiger partial charge in [0.05, 0.1) is 41.7 Å². The fourth-order valence-electron chi connectivity index (χ4n) is 5.55. The molecule has 204 valence electrons. The highest BCUT2D eigenvalue weighted by molar-refractivity contribution is 5.90. The van der Waals surface area contributed by atoms with E-state index in [0.29, 0.717) is 33.8 Å². The molecule has 0 saturated heterocycles. The van der Waals surface area contributed by atoms with Gasteiger partial charge in [0, 0.05) is 17.8 Å². The van der Waals surface area contributed by atoms with E-state index in [0.717, 1.165) is 22.2 Å². The number of methoxy groups -OCH3 is 1. The number of benzene rings is 3. The number of aryl methyl sites for hydroxylation is 2. The summed E-state index contributed by atoms with van der Waals surface area (Å²) < 4.78 is 12.9. The van der Waals surface area contributed by atoms with Crippen molar-refractivity contribution in [3.8, 4) is 16.9 Å². The van der Waals surface area contributed by atoms with Crippen LogP contribution >= 0.6 is 0 Å². The zero-order valence-corrected chi connectivity index (χ0v) is 23.0. The third-order valence-corrected chi connectivity index (χ3v) is 7.54. The molecule has 3 heterocycles. The third kappa shape index (κ3) is 4.50. The lowest BCUT2D eigenvalue weighted by molar-refractivity contribution is 0.124.